The van der Waals surface area contributed by atoms with E-state index in [-0.39, 0.29) is 22.7 Å². The van der Waals surface area contributed by atoms with E-state index in [4.69, 9.17) is 0 Å². The molecule has 1 N–H and O–H groups in total. The Balaban J connectivity index is 1.66. The number of nitro benzene ring substituents is 1. The molecule has 0 unspecified atom stereocenters. The zero-order chi connectivity index (χ0) is 20.1. The zero-order valence-corrected chi connectivity index (χ0v) is 16.0. The molecule has 1 aliphatic rings. The molecule has 8 nitrogen and oxygen atoms in total. The second kappa shape index (κ2) is 8.49. The Morgan fingerprint density at radius 3 is 2.32 bits per heavy atom. The van der Waals surface area contributed by atoms with E-state index in [1.807, 2.05) is 0 Å². The zero-order valence-electron chi connectivity index (χ0n) is 15.2. The number of para-hydroxylation sites is 1. The van der Waals surface area contributed by atoms with E-state index in [1.165, 1.54) is 34.6 Å². The third-order valence-electron chi connectivity index (χ3n) is 4.67. The Hall–Kier alpha value is -2.78. The van der Waals surface area contributed by atoms with Gasteiger partial charge in [-0.3, -0.25) is 14.9 Å². The lowest BCUT2D eigenvalue weighted by Crippen LogP contribution is -2.35. The highest BCUT2D eigenvalue weighted by atomic mass is 32.2. The first-order chi connectivity index (χ1) is 13.4. The van der Waals surface area contributed by atoms with Crippen LogP contribution < -0.4 is 5.32 Å². The summed E-state index contributed by atoms with van der Waals surface area (Å²) < 4.78 is 26.8. The molecule has 1 aliphatic heterocycles. The first-order valence-electron chi connectivity index (χ1n) is 9.00. The van der Waals surface area contributed by atoms with Gasteiger partial charge in [-0.2, -0.15) is 4.31 Å². The summed E-state index contributed by atoms with van der Waals surface area (Å²) in [5, 5.41) is 13.7. The monoisotopic (exact) mass is 403 g/mol. The van der Waals surface area contributed by atoms with E-state index in [1.54, 1.807) is 18.2 Å². The van der Waals surface area contributed by atoms with Gasteiger partial charge in [-0.15, -0.1) is 0 Å². The van der Waals surface area contributed by atoms with Crippen LogP contribution in [0.15, 0.2) is 53.4 Å². The molecule has 28 heavy (non-hydrogen) atoms. The first-order valence-corrected chi connectivity index (χ1v) is 10.4. The Bertz CT molecular complexity index is 967. The molecular formula is C19H21N3O5S. The number of nitrogens with zero attached hydrogens (tertiary/aromatic N) is 2. The van der Waals surface area contributed by atoms with Crippen LogP contribution in [-0.2, 0) is 16.6 Å². The highest BCUT2D eigenvalue weighted by molar-refractivity contribution is 7.89. The number of hydrogen-bond acceptors (Lipinski definition) is 5. The number of benzene rings is 2. The lowest BCUT2D eigenvalue weighted by molar-refractivity contribution is -0.385. The molecule has 1 amide bonds. The van der Waals surface area contributed by atoms with Crippen molar-refractivity contribution in [3.8, 4) is 0 Å². The Labute approximate surface area is 163 Å². The Kier molecular flexibility index (Phi) is 6.05. The molecule has 0 radical (unpaired) electrons. The number of piperidine rings is 1. The third kappa shape index (κ3) is 4.37. The highest BCUT2D eigenvalue weighted by Crippen LogP contribution is 2.21. The first kappa shape index (κ1) is 20.0. The minimum Gasteiger partial charge on any atom is -0.348 e. The average Bonchev–Trinajstić information content (AvgIpc) is 2.73. The van der Waals surface area contributed by atoms with Crippen molar-refractivity contribution in [3.63, 3.8) is 0 Å². The molecule has 0 spiro atoms. The van der Waals surface area contributed by atoms with Crippen LogP contribution in [0.1, 0.15) is 35.2 Å². The van der Waals surface area contributed by atoms with E-state index < -0.39 is 20.9 Å². The van der Waals surface area contributed by atoms with Crippen LogP contribution in [0.4, 0.5) is 5.69 Å². The summed E-state index contributed by atoms with van der Waals surface area (Å²) in [6.45, 7) is 1.21. The second-order valence-electron chi connectivity index (χ2n) is 6.57. The topological polar surface area (TPSA) is 110 Å². The van der Waals surface area contributed by atoms with Gasteiger partial charge in [0.2, 0.25) is 10.0 Å². The van der Waals surface area contributed by atoms with Gasteiger partial charge in [0.15, 0.2) is 0 Å². The van der Waals surface area contributed by atoms with E-state index >= 15 is 0 Å². The molecule has 1 heterocycles. The van der Waals surface area contributed by atoms with Gasteiger partial charge in [-0.25, -0.2) is 8.42 Å². The van der Waals surface area contributed by atoms with E-state index in [0.717, 1.165) is 19.3 Å². The Morgan fingerprint density at radius 2 is 1.68 bits per heavy atom. The fraction of sp³-hybridized carbons (Fsp3) is 0.316. The number of sulfonamides is 1. The van der Waals surface area contributed by atoms with Gasteiger partial charge in [0.1, 0.15) is 5.56 Å². The molecule has 1 fully saturated rings. The van der Waals surface area contributed by atoms with Crippen molar-refractivity contribution in [2.75, 3.05) is 13.1 Å². The Morgan fingerprint density at radius 1 is 1.04 bits per heavy atom. The van der Waals surface area contributed by atoms with Gasteiger partial charge in [-0.05, 0) is 36.6 Å². The second-order valence-corrected chi connectivity index (χ2v) is 8.50. The number of amides is 1. The minimum atomic E-state index is -3.50. The van der Waals surface area contributed by atoms with Crippen molar-refractivity contribution in [2.45, 2.75) is 30.7 Å². The van der Waals surface area contributed by atoms with Crippen molar-refractivity contribution in [1.82, 2.24) is 9.62 Å². The SMILES string of the molecule is O=C(NCc1ccc(S(=O)(=O)N2CCCCC2)cc1)c1ccccc1[N+](=O)[O-]. The van der Waals surface area contributed by atoms with E-state index in [9.17, 15) is 23.3 Å². The fourth-order valence-corrected chi connectivity index (χ4v) is 4.65. The number of nitrogens with one attached hydrogen (secondary N) is 1. The number of hydrogen-bond donors (Lipinski definition) is 1. The maximum absolute atomic E-state index is 12.6. The lowest BCUT2D eigenvalue weighted by atomic mass is 10.1. The number of rotatable bonds is 6. The van der Waals surface area contributed by atoms with Crippen LogP contribution in [0.3, 0.4) is 0 Å². The molecule has 1 saturated heterocycles. The smallest absolute Gasteiger partial charge is 0.282 e. The largest absolute Gasteiger partial charge is 0.348 e. The maximum atomic E-state index is 12.6. The minimum absolute atomic E-state index is 0.0169. The molecular weight excluding hydrogens is 382 g/mol. The summed E-state index contributed by atoms with van der Waals surface area (Å²) in [6.07, 6.45) is 2.79. The summed E-state index contributed by atoms with van der Waals surface area (Å²) in [6, 6.07) is 12.0. The number of carbonyl (C=O) groups excluding carboxylic acids is 1. The van der Waals surface area contributed by atoms with Gasteiger partial charge >= 0.3 is 0 Å². The van der Waals surface area contributed by atoms with Crippen molar-refractivity contribution >= 4 is 21.6 Å². The maximum Gasteiger partial charge on any atom is 0.282 e. The van der Waals surface area contributed by atoms with Crippen LogP contribution >= 0.6 is 0 Å². The average molecular weight is 403 g/mol. The van der Waals surface area contributed by atoms with Crippen LogP contribution in [-0.4, -0.2) is 36.6 Å². The predicted molar refractivity (Wildman–Crippen MR) is 103 cm³/mol. The molecule has 9 heteroatoms. The van der Waals surface area contributed by atoms with Crippen molar-refractivity contribution in [2.24, 2.45) is 0 Å². The summed E-state index contributed by atoms with van der Waals surface area (Å²) in [5.41, 5.74) is 0.421. The van der Waals surface area contributed by atoms with Gasteiger partial charge in [0, 0.05) is 25.7 Å². The lowest BCUT2D eigenvalue weighted by Gasteiger charge is -2.25. The molecule has 2 aromatic carbocycles. The van der Waals surface area contributed by atoms with E-state index in [0.29, 0.717) is 18.7 Å². The summed E-state index contributed by atoms with van der Waals surface area (Å²) >= 11 is 0. The van der Waals surface area contributed by atoms with Crippen molar-refractivity contribution in [3.05, 3.63) is 69.8 Å². The van der Waals surface area contributed by atoms with Gasteiger partial charge in [0.25, 0.3) is 11.6 Å². The quantitative estimate of drug-likeness (QED) is 0.589. The highest BCUT2D eigenvalue weighted by Gasteiger charge is 2.25. The van der Waals surface area contributed by atoms with E-state index in [2.05, 4.69) is 5.32 Å². The van der Waals surface area contributed by atoms with Crippen molar-refractivity contribution < 1.29 is 18.1 Å². The molecule has 0 aliphatic carbocycles. The molecule has 0 atom stereocenters. The molecule has 0 aromatic heterocycles. The molecule has 148 valence electrons. The predicted octanol–water partition coefficient (Wildman–Crippen LogP) is 2.70. The fourth-order valence-electron chi connectivity index (χ4n) is 3.14. The van der Waals surface area contributed by atoms with Gasteiger partial charge < -0.3 is 5.32 Å². The van der Waals surface area contributed by atoms with Crippen LogP contribution in [0.5, 0.6) is 0 Å². The summed E-state index contributed by atoms with van der Waals surface area (Å²) in [4.78, 5) is 22.9. The molecule has 0 saturated carbocycles. The summed E-state index contributed by atoms with van der Waals surface area (Å²) in [7, 11) is -3.50. The van der Waals surface area contributed by atoms with Crippen LogP contribution in [0.2, 0.25) is 0 Å². The standard InChI is InChI=1S/C19H21N3O5S/c23-19(17-6-2-3-7-18(17)22(24)25)20-14-15-8-10-16(11-9-15)28(26,27)21-12-4-1-5-13-21/h2-3,6-11H,1,4-5,12-14H2,(H,20,23). The molecule has 0 bridgehead atoms. The van der Waals surface area contributed by atoms with Gasteiger partial charge in [-0.1, -0.05) is 30.7 Å². The number of nitro groups is 1. The normalized spacial score (nSPS) is 15.1. The number of carbonyl (C=O) groups is 1. The van der Waals surface area contributed by atoms with Crippen LogP contribution in [0.25, 0.3) is 0 Å². The van der Waals surface area contributed by atoms with Crippen LogP contribution in [0, 0.1) is 10.1 Å². The van der Waals surface area contributed by atoms with Crippen molar-refractivity contribution in [1.29, 1.82) is 0 Å². The molecule has 2 aromatic rings. The molecule has 3 rings (SSSR count). The third-order valence-corrected chi connectivity index (χ3v) is 6.59. The summed E-state index contributed by atoms with van der Waals surface area (Å²) in [5.74, 6) is -0.558. The van der Waals surface area contributed by atoms with Gasteiger partial charge in [0.05, 0.1) is 9.82 Å².